The molecule has 0 spiro atoms. The van der Waals surface area contributed by atoms with Crippen LogP contribution in [-0.2, 0) is 21.7 Å². The molecule has 1 fully saturated rings. The quantitative estimate of drug-likeness (QED) is 0.153. The number of rotatable bonds is 1. The van der Waals surface area contributed by atoms with Crippen molar-refractivity contribution in [1.82, 2.24) is 0 Å². The second-order valence-corrected chi connectivity index (χ2v) is 22.0. The fraction of sp³-hybridized carbons (Fsp3) is 0.310. The van der Waals surface area contributed by atoms with Crippen LogP contribution in [0.25, 0.3) is 44.2 Å². The van der Waals surface area contributed by atoms with E-state index in [1.165, 1.54) is 131 Å². The van der Waals surface area contributed by atoms with Gasteiger partial charge in [-0.15, -0.1) is 0 Å². The molecule has 2 unspecified atom stereocenters. The molecule has 3 aliphatic heterocycles. The van der Waals surface area contributed by atoms with E-state index in [0.29, 0.717) is 0 Å². The number of nitrogens with zero attached hydrogens (tertiary/aromatic N) is 2. The highest BCUT2D eigenvalue weighted by molar-refractivity contribution is 6.93. The van der Waals surface area contributed by atoms with E-state index in [4.69, 9.17) is 0 Å². The van der Waals surface area contributed by atoms with Gasteiger partial charge in [0.1, 0.15) is 0 Å². The van der Waals surface area contributed by atoms with E-state index in [9.17, 15) is 0 Å². The van der Waals surface area contributed by atoms with Crippen LogP contribution in [0.4, 0.5) is 22.7 Å². The standard InChI is InChI=1S/C58H55BN2/c1-54(2,3)36-30-47-52-48(31-36)59-51-43(33-42-39-21-13-15-23-45(39)56(6,7)50(42)53(51)60(52)58(9)27-17-16-26-57(47,58)8)41-28-34-18-10-11-19-35(34)29-49(41)61(59)37-24-25-40-38-20-12-14-22-44(38)55(4,5)46(40)32-37/h10-15,18-25,28-33H,16-17,26-27H2,1-9H3. The fourth-order valence-corrected chi connectivity index (χ4v) is 13.8. The molecular formula is C58H55BN2. The van der Waals surface area contributed by atoms with Crippen LogP contribution in [0.1, 0.15) is 121 Å². The highest BCUT2D eigenvalue weighted by atomic mass is 15.3. The number of hydrogen-bond acceptors (Lipinski definition) is 2. The summed E-state index contributed by atoms with van der Waals surface area (Å²) < 4.78 is 0. The molecule has 6 aliphatic rings. The molecule has 0 saturated heterocycles. The van der Waals surface area contributed by atoms with Crippen molar-refractivity contribution < 1.29 is 0 Å². The van der Waals surface area contributed by atoms with Gasteiger partial charge in [-0.2, -0.15) is 0 Å². The molecule has 0 amide bonds. The third-order valence-corrected chi connectivity index (χ3v) is 17.3. The van der Waals surface area contributed by atoms with Crippen LogP contribution in [0.2, 0.25) is 0 Å². The molecule has 61 heavy (non-hydrogen) atoms. The Bertz CT molecular complexity index is 3140. The summed E-state index contributed by atoms with van der Waals surface area (Å²) in [6, 6.07) is 47.9. The van der Waals surface area contributed by atoms with E-state index in [0.717, 1.165) is 0 Å². The monoisotopic (exact) mass is 790 g/mol. The first-order valence-corrected chi connectivity index (χ1v) is 23.0. The molecule has 3 aliphatic carbocycles. The zero-order valence-electron chi connectivity index (χ0n) is 37.3. The van der Waals surface area contributed by atoms with E-state index in [1.807, 2.05) is 0 Å². The molecule has 7 aromatic rings. The van der Waals surface area contributed by atoms with E-state index >= 15 is 0 Å². The smallest absolute Gasteiger partial charge is 0.333 e. The van der Waals surface area contributed by atoms with Crippen LogP contribution in [-0.4, -0.2) is 12.4 Å². The van der Waals surface area contributed by atoms with Gasteiger partial charge in [-0.05, 0) is 138 Å². The van der Waals surface area contributed by atoms with Crippen LogP contribution in [0.15, 0.2) is 121 Å². The lowest BCUT2D eigenvalue weighted by molar-refractivity contribution is 0.194. The topological polar surface area (TPSA) is 6.48 Å². The van der Waals surface area contributed by atoms with Crippen LogP contribution >= 0.6 is 0 Å². The van der Waals surface area contributed by atoms with Gasteiger partial charge in [-0.1, -0.05) is 159 Å². The summed E-state index contributed by atoms with van der Waals surface area (Å²) in [5.74, 6) is 0. The molecule has 2 atom stereocenters. The zero-order chi connectivity index (χ0) is 41.7. The Balaban J connectivity index is 1.21. The van der Waals surface area contributed by atoms with Crippen LogP contribution < -0.4 is 20.6 Å². The highest BCUT2D eigenvalue weighted by Gasteiger charge is 2.63. The van der Waals surface area contributed by atoms with Gasteiger partial charge in [0.05, 0.1) is 5.54 Å². The highest BCUT2D eigenvalue weighted by Crippen LogP contribution is 2.66. The average molecular weight is 791 g/mol. The van der Waals surface area contributed by atoms with Crippen LogP contribution in [0.3, 0.4) is 0 Å². The predicted molar refractivity (Wildman–Crippen MR) is 260 cm³/mol. The molecule has 7 aromatic carbocycles. The molecule has 13 rings (SSSR count). The molecule has 3 heteroatoms. The number of fused-ring (bicyclic) bond motifs is 15. The molecule has 300 valence electrons. The Labute approximate surface area is 362 Å². The van der Waals surface area contributed by atoms with Crippen molar-refractivity contribution in [2.45, 2.75) is 115 Å². The van der Waals surface area contributed by atoms with E-state index in [1.54, 1.807) is 5.56 Å². The summed E-state index contributed by atoms with van der Waals surface area (Å²) in [7, 11) is 0. The summed E-state index contributed by atoms with van der Waals surface area (Å²) in [5, 5.41) is 2.58. The zero-order valence-corrected chi connectivity index (χ0v) is 37.3. The van der Waals surface area contributed by atoms with Gasteiger partial charge in [0.2, 0.25) is 0 Å². The van der Waals surface area contributed by atoms with Crippen molar-refractivity contribution >= 4 is 51.3 Å². The van der Waals surface area contributed by atoms with Crippen molar-refractivity contribution in [3.63, 3.8) is 0 Å². The van der Waals surface area contributed by atoms with Crippen LogP contribution in [0, 0.1) is 0 Å². The van der Waals surface area contributed by atoms with Crippen molar-refractivity contribution in [1.29, 1.82) is 0 Å². The maximum absolute atomic E-state index is 2.98. The predicted octanol–water partition coefficient (Wildman–Crippen LogP) is 13.7. The van der Waals surface area contributed by atoms with Crippen molar-refractivity contribution in [2.75, 3.05) is 9.71 Å². The second-order valence-electron chi connectivity index (χ2n) is 22.0. The van der Waals surface area contributed by atoms with E-state index in [-0.39, 0.29) is 34.0 Å². The lowest BCUT2D eigenvalue weighted by Crippen LogP contribution is -2.65. The first-order chi connectivity index (χ1) is 29.1. The lowest BCUT2D eigenvalue weighted by Gasteiger charge is -2.54. The van der Waals surface area contributed by atoms with Gasteiger partial charge in [-0.25, -0.2) is 0 Å². The third kappa shape index (κ3) is 4.22. The summed E-state index contributed by atoms with van der Waals surface area (Å²) in [6.07, 6.45) is 4.93. The van der Waals surface area contributed by atoms with Gasteiger partial charge < -0.3 is 9.71 Å². The average Bonchev–Trinajstić information content (AvgIpc) is 3.72. The van der Waals surface area contributed by atoms with Crippen molar-refractivity contribution in [3.05, 3.63) is 155 Å². The Hall–Kier alpha value is -5.54. The van der Waals surface area contributed by atoms with Gasteiger partial charge in [-0.3, -0.25) is 0 Å². The molecule has 0 bridgehead atoms. The first kappa shape index (κ1) is 36.1. The Morgan fingerprint density at radius 1 is 0.525 bits per heavy atom. The van der Waals surface area contributed by atoms with E-state index < -0.39 is 0 Å². The van der Waals surface area contributed by atoms with E-state index in [2.05, 4.69) is 193 Å². The molecule has 0 N–H and O–H groups in total. The minimum Gasteiger partial charge on any atom is -0.376 e. The van der Waals surface area contributed by atoms with Gasteiger partial charge in [0, 0.05) is 44.6 Å². The van der Waals surface area contributed by atoms with Gasteiger partial charge >= 0.3 is 6.85 Å². The summed E-state index contributed by atoms with van der Waals surface area (Å²) in [5.41, 5.74) is 25.3. The van der Waals surface area contributed by atoms with Crippen LogP contribution in [0.5, 0.6) is 0 Å². The molecular weight excluding hydrogens is 735 g/mol. The summed E-state index contributed by atoms with van der Waals surface area (Å²) >= 11 is 0. The second kappa shape index (κ2) is 11.3. The Kier molecular flexibility index (Phi) is 6.69. The Morgan fingerprint density at radius 3 is 1.90 bits per heavy atom. The normalized spacial score (nSPS) is 22.5. The van der Waals surface area contributed by atoms with Gasteiger partial charge in [0.25, 0.3) is 0 Å². The number of benzene rings is 7. The number of hydrogen-bond donors (Lipinski definition) is 0. The maximum Gasteiger partial charge on any atom is 0.333 e. The molecule has 3 heterocycles. The Morgan fingerprint density at radius 2 is 1.16 bits per heavy atom. The number of anilines is 4. The minimum atomic E-state index is -0.175. The lowest BCUT2D eigenvalue weighted by atomic mass is 9.42. The summed E-state index contributed by atoms with van der Waals surface area (Å²) in [6.45, 7) is 22.4. The molecule has 1 saturated carbocycles. The molecule has 0 aromatic heterocycles. The van der Waals surface area contributed by atoms with Gasteiger partial charge in [0.15, 0.2) is 0 Å². The van der Waals surface area contributed by atoms with Crippen molar-refractivity contribution in [2.24, 2.45) is 0 Å². The largest absolute Gasteiger partial charge is 0.376 e. The minimum absolute atomic E-state index is 0.00499. The maximum atomic E-state index is 2.98. The molecule has 0 radical (unpaired) electrons. The summed E-state index contributed by atoms with van der Waals surface area (Å²) in [4.78, 5) is 5.79. The third-order valence-electron chi connectivity index (χ3n) is 17.3. The molecule has 2 nitrogen and oxygen atoms in total. The fourth-order valence-electron chi connectivity index (χ4n) is 13.8. The SMILES string of the molecule is CC(C)(C)c1cc2c3c(c1)C1(C)CCCCC1(C)N3c1c3c(cc4c1C(C)(C)c1ccccc1-4)-c1cc4ccccc4cc1N(c1ccc4c(c1)C(C)(C)c1ccccc1-4)B23. The van der Waals surface area contributed by atoms with Crippen molar-refractivity contribution in [3.8, 4) is 33.4 Å². The first-order valence-electron chi connectivity index (χ1n) is 23.0.